The van der Waals surface area contributed by atoms with Gasteiger partial charge in [0, 0.05) is 36.1 Å². The molecule has 5 nitrogen and oxygen atoms in total. The van der Waals surface area contributed by atoms with E-state index in [9.17, 15) is 9.59 Å². The van der Waals surface area contributed by atoms with Gasteiger partial charge in [0.05, 0.1) is 0 Å². The molecule has 0 aromatic carbocycles. The van der Waals surface area contributed by atoms with E-state index in [1.165, 1.54) is 0 Å². The zero-order valence-electron chi connectivity index (χ0n) is 14.1. The van der Waals surface area contributed by atoms with Gasteiger partial charge in [-0.3, -0.25) is 9.59 Å². The number of hydrogen-bond acceptors (Lipinski definition) is 5. The molecule has 0 fully saturated rings. The third kappa shape index (κ3) is 7.26. The summed E-state index contributed by atoms with van der Waals surface area (Å²) in [5.41, 5.74) is 0.914. The van der Waals surface area contributed by atoms with E-state index in [1.807, 2.05) is 32.4 Å². The van der Waals surface area contributed by atoms with Gasteiger partial charge in [0.2, 0.25) is 11.8 Å². The molecule has 0 radical (unpaired) electrons. The van der Waals surface area contributed by atoms with Crippen molar-refractivity contribution in [3.8, 4) is 0 Å². The summed E-state index contributed by atoms with van der Waals surface area (Å²) in [6.07, 6.45) is 5.60. The first-order valence-corrected chi connectivity index (χ1v) is 10.3. The topological polar surface area (TPSA) is 71.1 Å². The molecule has 23 heavy (non-hydrogen) atoms. The highest BCUT2D eigenvalue weighted by Crippen LogP contribution is 2.11. The lowest BCUT2D eigenvalue weighted by molar-refractivity contribution is -0.124. The van der Waals surface area contributed by atoms with Crippen LogP contribution >= 0.6 is 23.5 Å². The SMILES string of the molecule is CSC[C@H](C)C(=O)NCc1ccnc(NC(=O)[C@@H](C)CSC)c1. The maximum Gasteiger partial charge on any atom is 0.229 e. The van der Waals surface area contributed by atoms with Crippen molar-refractivity contribution >= 4 is 41.2 Å². The zero-order valence-corrected chi connectivity index (χ0v) is 15.7. The first kappa shape index (κ1) is 19.8. The molecule has 0 aliphatic heterocycles. The van der Waals surface area contributed by atoms with Gasteiger partial charge in [0.15, 0.2) is 0 Å². The van der Waals surface area contributed by atoms with Gasteiger partial charge in [-0.25, -0.2) is 4.98 Å². The van der Waals surface area contributed by atoms with E-state index in [4.69, 9.17) is 0 Å². The number of rotatable bonds is 9. The summed E-state index contributed by atoms with van der Waals surface area (Å²) in [5.74, 6) is 2.01. The van der Waals surface area contributed by atoms with Crippen LogP contribution in [-0.2, 0) is 16.1 Å². The number of nitrogens with zero attached hydrogens (tertiary/aromatic N) is 1. The normalized spacial score (nSPS) is 13.2. The Morgan fingerprint density at radius 1 is 1.13 bits per heavy atom. The maximum absolute atomic E-state index is 12.0. The highest BCUT2D eigenvalue weighted by atomic mass is 32.2. The lowest BCUT2D eigenvalue weighted by Gasteiger charge is -2.13. The standard InChI is InChI=1S/C16H25N3O2S2/c1-11(9-22-3)15(20)18-8-13-5-6-17-14(7-13)19-16(21)12(2)10-23-4/h5-7,11-12H,8-10H2,1-4H3,(H,18,20)(H,17,19,21)/t11-,12-/m0/s1. The molecular formula is C16H25N3O2S2. The fourth-order valence-corrected chi connectivity index (χ4v) is 3.22. The average molecular weight is 356 g/mol. The molecule has 1 aromatic heterocycles. The molecule has 2 N–H and O–H groups in total. The Kier molecular flexibility index (Phi) is 9.09. The number of pyridine rings is 1. The van der Waals surface area contributed by atoms with Crippen LogP contribution in [0.15, 0.2) is 18.3 Å². The van der Waals surface area contributed by atoms with Crippen molar-refractivity contribution in [2.24, 2.45) is 11.8 Å². The minimum atomic E-state index is -0.0671. The largest absolute Gasteiger partial charge is 0.352 e. The Bertz CT molecular complexity index is 526. The molecule has 7 heteroatoms. The van der Waals surface area contributed by atoms with E-state index >= 15 is 0 Å². The summed E-state index contributed by atoms with van der Waals surface area (Å²) in [6.45, 7) is 4.24. The third-order valence-electron chi connectivity index (χ3n) is 3.27. The lowest BCUT2D eigenvalue weighted by atomic mass is 10.2. The van der Waals surface area contributed by atoms with Gasteiger partial charge in [-0.15, -0.1) is 0 Å². The fraction of sp³-hybridized carbons (Fsp3) is 0.562. The number of nitrogens with one attached hydrogen (secondary N) is 2. The Labute approximate surface area is 146 Å². The van der Waals surface area contributed by atoms with Crippen molar-refractivity contribution in [1.29, 1.82) is 0 Å². The van der Waals surface area contributed by atoms with Crippen LogP contribution in [0.2, 0.25) is 0 Å². The number of carbonyl (C=O) groups excluding carboxylic acids is 2. The summed E-state index contributed by atoms with van der Waals surface area (Å²) < 4.78 is 0. The minimum Gasteiger partial charge on any atom is -0.352 e. The van der Waals surface area contributed by atoms with Gasteiger partial charge in [-0.1, -0.05) is 13.8 Å². The van der Waals surface area contributed by atoms with Crippen molar-refractivity contribution in [3.05, 3.63) is 23.9 Å². The Hall–Kier alpha value is -1.21. The van der Waals surface area contributed by atoms with Crippen molar-refractivity contribution in [2.75, 3.05) is 29.3 Å². The quantitative estimate of drug-likeness (QED) is 0.712. The predicted molar refractivity (Wildman–Crippen MR) is 99.8 cm³/mol. The summed E-state index contributed by atoms with van der Waals surface area (Å²) in [5, 5.41) is 5.73. The molecule has 0 aliphatic carbocycles. The van der Waals surface area contributed by atoms with Crippen LogP contribution in [0.3, 0.4) is 0 Å². The second-order valence-electron chi connectivity index (χ2n) is 5.47. The first-order valence-electron chi connectivity index (χ1n) is 7.49. The number of aromatic nitrogens is 1. The molecule has 0 saturated carbocycles. The molecular weight excluding hydrogens is 330 g/mol. The fourth-order valence-electron chi connectivity index (χ4n) is 1.92. The number of amides is 2. The van der Waals surface area contributed by atoms with Crippen molar-refractivity contribution < 1.29 is 9.59 Å². The molecule has 1 aromatic rings. The highest BCUT2D eigenvalue weighted by molar-refractivity contribution is 7.98. The second-order valence-corrected chi connectivity index (χ2v) is 7.29. The van der Waals surface area contributed by atoms with Crippen LogP contribution < -0.4 is 10.6 Å². The maximum atomic E-state index is 12.0. The van der Waals surface area contributed by atoms with Crippen LogP contribution in [0.5, 0.6) is 0 Å². The number of thioether (sulfide) groups is 2. The predicted octanol–water partition coefficient (Wildman–Crippen LogP) is 2.63. The molecule has 0 aliphatic rings. The van der Waals surface area contributed by atoms with Gasteiger partial charge in [-0.05, 0) is 30.2 Å². The molecule has 0 saturated heterocycles. The summed E-state index contributed by atoms with van der Waals surface area (Å²) in [6, 6.07) is 3.63. The molecule has 2 amide bonds. The Balaban J connectivity index is 2.56. The average Bonchev–Trinajstić information content (AvgIpc) is 2.53. The van der Waals surface area contributed by atoms with Crippen molar-refractivity contribution in [3.63, 3.8) is 0 Å². The summed E-state index contributed by atoms with van der Waals surface area (Å²) >= 11 is 3.29. The van der Waals surface area contributed by atoms with E-state index in [0.717, 1.165) is 17.1 Å². The van der Waals surface area contributed by atoms with E-state index in [0.29, 0.717) is 12.4 Å². The smallest absolute Gasteiger partial charge is 0.229 e. The summed E-state index contributed by atoms with van der Waals surface area (Å²) in [4.78, 5) is 28.1. The molecule has 0 spiro atoms. The van der Waals surface area contributed by atoms with Crippen LogP contribution in [0.1, 0.15) is 19.4 Å². The molecule has 128 valence electrons. The number of carbonyl (C=O) groups is 2. The third-order valence-corrected chi connectivity index (χ3v) is 4.94. The minimum absolute atomic E-state index is 0.0154. The molecule has 0 bridgehead atoms. The highest BCUT2D eigenvalue weighted by Gasteiger charge is 2.14. The van der Waals surface area contributed by atoms with Gasteiger partial charge >= 0.3 is 0 Å². The van der Waals surface area contributed by atoms with Crippen LogP contribution in [0.4, 0.5) is 5.82 Å². The molecule has 0 unspecified atom stereocenters. The number of anilines is 1. The van der Waals surface area contributed by atoms with E-state index in [-0.39, 0.29) is 23.7 Å². The zero-order chi connectivity index (χ0) is 17.2. The van der Waals surface area contributed by atoms with Gasteiger partial charge in [0.25, 0.3) is 0 Å². The van der Waals surface area contributed by atoms with Crippen LogP contribution in [-0.4, -0.2) is 40.8 Å². The summed E-state index contributed by atoms with van der Waals surface area (Å²) in [7, 11) is 0. The van der Waals surface area contributed by atoms with Gasteiger partial charge in [0.1, 0.15) is 5.82 Å². The monoisotopic (exact) mass is 355 g/mol. The lowest BCUT2D eigenvalue weighted by Crippen LogP contribution is -2.30. The van der Waals surface area contributed by atoms with Crippen molar-refractivity contribution in [2.45, 2.75) is 20.4 Å². The Morgan fingerprint density at radius 3 is 2.35 bits per heavy atom. The van der Waals surface area contributed by atoms with E-state index in [1.54, 1.807) is 35.8 Å². The first-order chi connectivity index (χ1) is 11.0. The van der Waals surface area contributed by atoms with Gasteiger partial charge < -0.3 is 10.6 Å². The molecule has 1 rings (SSSR count). The van der Waals surface area contributed by atoms with Gasteiger partial charge in [-0.2, -0.15) is 23.5 Å². The molecule has 2 atom stereocenters. The van der Waals surface area contributed by atoms with Crippen LogP contribution in [0.25, 0.3) is 0 Å². The van der Waals surface area contributed by atoms with E-state index < -0.39 is 0 Å². The number of hydrogen-bond donors (Lipinski definition) is 2. The van der Waals surface area contributed by atoms with Crippen LogP contribution in [0, 0.1) is 11.8 Å². The second kappa shape index (κ2) is 10.5. The Morgan fingerprint density at radius 2 is 1.74 bits per heavy atom. The molecule has 1 heterocycles. The van der Waals surface area contributed by atoms with E-state index in [2.05, 4.69) is 15.6 Å². The van der Waals surface area contributed by atoms with Crippen molar-refractivity contribution in [1.82, 2.24) is 10.3 Å².